The first-order valence-electron chi connectivity index (χ1n) is 9.30. The van der Waals surface area contributed by atoms with E-state index in [1.165, 1.54) is 24.3 Å². The summed E-state index contributed by atoms with van der Waals surface area (Å²) in [6.07, 6.45) is 1.40. The maximum Gasteiger partial charge on any atom is 0.335 e. The van der Waals surface area contributed by atoms with E-state index in [9.17, 15) is 24.3 Å². The van der Waals surface area contributed by atoms with Gasteiger partial charge in [0.05, 0.1) is 22.0 Å². The van der Waals surface area contributed by atoms with Gasteiger partial charge in [0.25, 0.3) is 11.1 Å². The molecule has 160 valence electrons. The van der Waals surface area contributed by atoms with Gasteiger partial charge in [-0.1, -0.05) is 41.9 Å². The highest BCUT2D eigenvalue weighted by Gasteiger charge is 2.36. The number of nitrogens with zero attached hydrogens (tertiary/aromatic N) is 1. The van der Waals surface area contributed by atoms with Gasteiger partial charge in [-0.2, -0.15) is 0 Å². The summed E-state index contributed by atoms with van der Waals surface area (Å²) in [5.41, 5.74) is 0.839. The summed E-state index contributed by atoms with van der Waals surface area (Å²) in [6, 6.07) is 15.8. The fraction of sp³-hybridized carbons (Fsp3) is 0.0435. The van der Waals surface area contributed by atoms with E-state index in [0.717, 1.165) is 4.90 Å². The average molecular weight is 468 g/mol. The van der Waals surface area contributed by atoms with Crippen LogP contribution in [0.2, 0.25) is 5.02 Å². The van der Waals surface area contributed by atoms with Crippen molar-refractivity contribution in [3.05, 3.63) is 87.5 Å². The van der Waals surface area contributed by atoms with Gasteiger partial charge in [-0.05, 0) is 42.1 Å². The van der Waals surface area contributed by atoms with Crippen LogP contribution in [0.15, 0.2) is 70.0 Å². The molecule has 0 bridgehead atoms. The van der Waals surface area contributed by atoms with Crippen LogP contribution in [0.1, 0.15) is 26.5 Å². The molecule has 1 fully saturated rings. The number of carboxylic acids is 1. The molecule has 1 aliphatic heterocycles. The third-order valence-corrected chi connectivity index (χ3v) is 5.89. The molecule has 7 nitrogen and oxygen atoms in total. The van der Waals surface area contributed by atoms with Crippen LogP contribution in [0.5, 0.6) is 0 Å². The van der Waals surface area contributed by atoms with E-state index < -0.39 is 17.1 Å². The van der Waals surface area contributed by atoms with E-state index in [2.05, 4.69) is 0 Å². The largest absolute Gasteiger partial charge is 0.478 e. The predicted octanol–water partition coefficient (Wildman–Crippen LogP) is 5.22. The van der Waals surface area contributed by atoms with E-state index in [0.29, 0.717) is 33.7 Å². The van der Waals surface area contributed by atoms with Gasteiger partial charge in [0.1, 0.15) is 11.5 Å². The molecule has 2 heterocycles. The third-order valence-electron chi connectivity index (χ3n) is 4.65. The molecule has 9 heteroatoms. The highest BCUT2D eigenvalue weighted by atomic mass is 35.5. The van der Waals surface area contributed by atoms with Gasteiger partial charge in [0.2, 0.25) is 0 Å². The molecule has 1 saturated heterocycles. The highest BCUT2D eigenvalue weighted by molar-refractivity contribution is 8.18. The number of furan rings is 1. The van der Waals surface area contributed by atoms with Crippen molar-refractivity contribution >= 4 is 52.3 Å². The molecular weight excluding hydrogens is 454 g/mol. The maximum atomic E-state index is 12.7. The number of Topliss-reactive ketones (excluding diaryl/α,β-unsaturated/α-hetero) is 1. The molecule has 0 unspecified atom stereocenters. The minimum absolute atomic E-state index is 0.0477. The number of carbonyl (C=O) groups excluding carboxylic acids is 3. The SMILES string of the molecule is O=C(O)c1ccc(Cl)c(-c2ccc(/C=C3\SC(=O)N(CC(=O)c4ccccc4)C3=O)o2)c1. The molecule has 0 aliphatic carbocycles. The number of carbonyl (C=O) groups is 4. The summed E-state index contributed by atoms with van der Waals surface area (Å²) in [4.78, 5) is 49.6. The molecule has 0 atom stereocenters. The summed E-state index contributed by atoms with van der Waals surface area (Å²) in [7, 11) is 0. The number of halogens is 1. The first-order chi connectivity index (χ1) is 15.3. The normalized spacial score (nSPS) is 14.9. The lowest BCUT2D eigenvalue weighted by Crippen LogP contribution is -2.33. The van der Waals surface area contributed by atoms with E-state index in [1.807, 2.05) is 0 Å². The van der Waals surface area contributed by atoms with Crippen LogP contribution in [-0.4, -0.2) is 39.5 Å². The van der Waals surface area contributed by atoms with Gasteiger partial charge in [0.15, 0.2) is 5.78 Å². The van der Waals surface area contributed by atoms with E-state index >= 15 is 0 Å². The molecule has 0 radical (unpaired) electrons. The zero-order chi connectivity index (χ0) is 22.8. The smallest absolute Gasteiger partial charge is 0.335 e. The van der Waals surface area contributed by atoms with Gasteiger partial charge in [-0.3, -0.25) is 19.3 Å². The maximum absolute atomic E-state index is 12.7. The Morgan fingerprint density at radius 3 is 2.50 bits per heavy atom. The quantitative estimate of drug-likeness (QED) is 0.391. The Labute approximate surface area is 191 Å². The van der Waals surface area contributed by atoms with Crippen LogP contribution in [0, 0.1) is 0 Å². The van der Waals surface area contributed by atoms with Crippen LogP contribution in [0.25, 0.3) is 17.4 Å². The van der Waals surface area contributed by atoms with Crippen molar-refractivity contribution in [3.8, 4) is 11.3 Å². The molecular formula is C23H14ClNO6S. The van der Waals surface area contributed by atoms with E-state index in [-0.39, 0.29) is 28.6 Å². The molecule has 32 heavy (non-hydrogen) atoms. The molecule has 0 spiro atoms. The van der Waals surface area contributed by atoms with Crippen molar-refractivity contribution in [2.24, 2.45) is 0 Å². The number of ketones is 1. The van der Waals surface area contributed by atoms with Gasteiger partial charge in [0, 0.05) is 17.2 Å². The second-order valence-corrected chi connectivity index (χ2v) is 8.16. The number of imide groups is 1. The van der Waals surface area contributed by atoms with Gasteiger partial charge >= 0.3 is 5.97 Å². The lowest BCUT2D eigenvalue weighted by molar-refractivity contribution is -0.122. The topological polar surface area (TPSA) is 105 Å². The Kier molecular flexibility index (Phi) is 5.98. The lowest BCUT2D eigenvalue weighted by atomic mass is 10.1. The van der Waals surface area contributed by atoms with Crippen molar-refractivity contribution < 1.29 is 28.7 Å². The second-order valence-electron chi connectivity index (χ2n) is 6.76. The summed E-state index contributed by atoms with van der Waals surface area (Å²) in [6.45, 7) is -0.354. The number of benzene rings is 2. The monoisotopic (exact) mass is 467 g/mol. The number of amides is 2. The third kappa shape index (κ3) is 4.37. The summed E-state index contributed by atoms with van der Waals surface area (Å²) < 4.78 is 5.70. The first kappa shape index (κ1) is 21.6. The minimum atomic E-state index is -1.10. The predicted molar refractivity (Wildman–Crippen MR) is 120 cm³/mol. The molecule has 1 N–H and O–H groups in total. The molecule has 1 aromatic heterocycles. The van der Waals surface area contributed by atoms with Crippen LogP contribution in [0.3, 0.4) is 0 Å². The fourth-order valence-corrected chi connectivity index (χ4v) is 4.08. The number of aromatic carboxylic acids is 1. The van der Waals surface area contributed by atoms with E-state index in [1.54, 1.807) is 42.5 Å². The van der Waals surface area contributed by atoms with E-state index in [4.69, 9.17) is 16.0 Å². The van der Waals surface area contributed by atoms with Crippen LogP contribution >= 0.6 is 23.4 Å². The average Bonchev–Trinajstić information content (AvgIpc) is 3.34. The Bertz CT molecular complexity index is 1280. The first-order valence-corrected chi connectivity index (χ1v) is 10.5. The van der Waals surface area contributed by atoms with Crippen molar-refractivity contribution in [2.45, 2.75) is 0 Å². The van der Waals surface area contributed by atoms with Crippen LogP contribution in [-0.2, 0) is 4.79 Å². The van der Waals surface area contributed by atoms with Gasteiger partial charge in [-0.25, -0.2) is 4.79 Å². The molecule has 3 aromatic rings. The second kappa shape index (κ2) is 8.86. The molecule has 4 rings (SSSR count). The van der Waals surface area contributed by atoms with Crippen LogP contribution in [0.4, 0.5) is 4.79 Å². The summed E-state index contributed by atoms with van der Waals surface area (Å²) >= 11 is 6.88. The number of hydrogen-bond acceptors (Lipinski definition) is 6. The van der Waals surface area contributed by atoms with Crippen molar-refractivity contribution in [3.63, 3.8) is 0 Å². The number of rotatable bonds is 6. The van der Waals surface area contributed by atoms with Gasteiger partial charge in [-0.15, -0.1) is 0 Å². The Morgan fingerprint density at radius 1 is 1.03 bits per heavy atom. The number of hydrogen-bond donors (Lipinski definition) is 1. The number of carboxylic acid groups (broad SMARTS) is 1. The standard InChI is InChI=1S/C23H14ClNO6S/c24-17-8-6-14(22(28)29)10-16(17)19-9-7-15(31-19)11-20-21(27)25(23(30)32-20)12-18(26)13-4-2-1-3-5-13/h1-11H,12H2,(H,28,29)/b20-11-. The fourth-order valence-electron chi connectivity index (χ4n) is 3.05. The van der Waals surface area contributed by atoms with Gasteiger partial charge < -0.3 is 9.52 Å². The minimum Gasteiger partial charge on any atom is -0.478 e. The van der Waals surface area contributed by atoms with Crippen molar-refractivity contribution in [2.75, 3.05) is 6.54 Å². The Balaban J connectivity index is 1.54. The zero-order valence-electron chi connectivity index (χ0n) is 16.3. The van der Waals surface area contributed by atoms with Crippen LogP contribution < -0.4 is 0 Å². The highest BCUT2D eigenvalue weighted by Crippen LogP contribution is 2.35. The molecule has 1 aliphatic rings. The Morgan fingerprint density at radius 2 is 1.78 bits per heavy atom. The zero-order valence-corrected chi connectivity index (χ0v) is 17.9. The van der Waals surface area contributed by atoms with Crippen molar-refractivity contribution in [1.82, 2.24) is 4.90 Å². The van der Waals surface area contributed by atoms with Crippen molar-refractivity contribution in [1.29, 1.82) is 0 Å². The summed E-state index contributed by atoms with van der Waals surface area (Å²) in [5, 5.41) is 8.93. The number of thioether (sulfide) groups is 1. The Hall–Kier alpha value is -3.62. The summed E-state index contributed by atoms with van der Waals surface area (Å²) in [5.74, 6) is -1.46. The lowest BCUT2D eigenvalue weighted by Gasteiger charge is -2.11. The molecule has 2 aromatic carbocycles. The molecule has 0 saturated carbocycles. The molecule has 2 amide bonds.